The normalized spacial score (nSPS) is 20.9. The maximum Gasteiger partial charge on any atom is 0.323 e. The summed E-state index contributed by atoms with van der Waals surface area (Å²) < 4.78 is 0. The van der Waals surface area contributed by atoms with Crippen LogP contribution in [0.5, 0.6) is 0 Å². The average molecular weight is 295 g/mol. The summed E-state index contributed by atoms with van der Waals surface area (Å²) in [4.78, 5) is 24.7. The molecule has 106 valence electrons. The molecule has 2 atom stereocenters. The third-order valence-corrected chi connectivity index (χ3v) is 3.35. The van der Waals surface area contributed by atoms with Crippen molar-refractivity contribution in [2.75, 3.05) is 11.4 Å². The van der Waals surface area contributed by atoms with Gasteiger partial charge in [-0.3, -0.25) is 9.59 Å². The molecular formula is C14H15ClN2O3. The Bertz CT molecular complexity index is 559. The highest BCUT2D eigenvalue weighted by Gasteiger charge is 2.29. The van der Waals surface area contributed by atoms with Crippen molar-refractivity contribution >= 4 is 29.2 Å². The van der Waals surface area contributed by atoms with E-state index >= 15 is 0 Å². The van der Waals surface area contributed by atoms with Gasteiger partial charge in [-0.05, 0) is 24.6 Å². The van der Waals surface area contributed by atoms with Crippen LogP contribution in [-0.2, 0) is 9.59 Å². The van der Waals surface area contributed by atoms with Crippen molar-refractivity contribution in [2.45, 2.75) is 12.5 Å². The van der Waals surface area contributed by atoms with Crippen LogP contribution in [0.4, 0.5) is 5.69 Å². The van der Waals surface area contributed by atoms with Crippen LogP contribution < -0.4 is 10.6 Å². The van der Waals surface area contributed by atoms with Crippen molar-refractivity contribution in [3.8, 4) is 0 Å². The van der Waals surface area contributed by atoms with Gasteiger partial charge in [-0.2, -0.15) is 0 Å². The molecule has 0 saturated carbocycles. The summed E-state index contributed by atoms with van der Waals surface area (Å²) in [6, 6.07) is 6.41. The van der Waals surface area contributed by atoms with E-state index in [1.807, 2.05) is 0 Å². The van der Waals surface area contributed by atoms with Crippen LogP contribution in [0.2, 0.25) is 5.02 Å². The predicted molar refractivity (Wildman–Crippen MR) is 76.7 cm³/mol. The molecule has 0 radical (unpaired) electrons. The molecule has 2 unspecified atom stereocenters. The molecule has 1 aliphatic carbocycles. The van der Waals surface area contributed by atoms with Crippen LogP contribution in [0.25, 0.3) is 0 Å². The largest absolute Gasteiger partial charge is 0.480 e. The van der Waals surface area contributed by atoms with Gasteiger partial charge in [0.2, 0.25) is 5.91 Å². The molecule has 6 heteroatoms. The first-order valence-electron chi connectivity index (χ1n) is 6.20. The molecule has 0 fully saturated rings. The molecule has 0 aromatic heterocycles. The minimum Gasteiger partial charge on any atom is -0.480 e. The highest BCUT2D eigenvalue weighted by molar-refractivity contribution is 6.31. The van der Waals surface area contributed by atoms with Gasteiger partial charge in [0.15, 0.2) is 0 Å². The number of rotatable bonds is 4. The number of carboxylic acids is 1. The predicted octanol–water partition coefficient (Wildman–Crippen LogP) is 1.66. The van der Waals surface area contributed by atoms with Gasteiger partial charge in [0.25, 0.3) is 0 Å². The van der Waals surface area contributed by atoms with E-state index in [0.29, 0.717) is 17.1 Å². The number of halogens is 1. The first-order valence-corrected chi connectivity index (χ1v) is 6.58. The number of carbonyl (C=O) groups is 2. The molecule has 2 rings (SSSR count). The summed E-state index contributed by atoms with van der Waals surface area (Å²) in [5, 5.41) is 9.44. The van der Waals surface area contributed by atoms with Crippen molar-refractivity contribution in [1.29, 1.82) is 0 Å². The minimum atomic E-state index is -1.08. The molecule has 1 aromatic carbocycles. The van der Waals surface area contributed by atoms with Crippen LogP contribution in [0.3, 0.4) is 0 Å². The number of nitrogens with two attached hydrogens (primary N) is 1. The van der Waals surface area contributed by atoms with Crippen molar-refractivity contribution < 1.29 is 14.7 Å². The molecule has 20 heavy (non-hydrogen) atoms. The highest BCUT2D eigenvalue weighted by Crippen LogP contribution is 2.25. The zero-order chi connectivity index (χ0) is 14.7. The fourth-order valence-electron chi connectivity index (χ4n) is 2.19. The lowest BCUT2D eigenvalue weighted by atomic mass is 10.1. The standard InChI is InChI=1S/C14H15ClN2O3/c15-10-2-1-3-12(7-10)17(8-13(18)19)14(20)9-4-5-11(16)6-9/h1-5,7,9,11H,6,8,16H2,(H,18,19). The van der Waals surface area contributed by atoms with Crippen LogP contribution >= 0.6 is 11.6 Å². The van der Waals surface area contributed by atoms with Gasteiger partial charge in [0.1, 0.15) is 6.54 Å². The van der Waals surface area contributed by atoms with E-state index in [9.17, 15) is 9.59 Å². The molecule has 0 saturated heterocycles. The molecule has 0 aliphatic heterocycles. The lowest BCUT2D eigenvalue weighted by Gasteiger charge is -2.24. The summed E-state index contributed by atoms with van der Waals surface area (Å²) in [6.45, 7) is -0.404. The number of carbonyl (C=O) groups excluding carboxylic acids is 1. The summed E-state index contributed by atoms with van der Waals surface area (Å²) in [5.41, 5.74) is 6.20. The summed E-state index contributed by atoms with van der Waals surface area (Å²) in [7, 11) is 0. The molecular weight excluding hydrogens is 280 g/mol. The van der Waals surface area contributed by atoms with Gasteiger partial charge in [-0.25, -0.2) is 0 Å². The van der Waals surface area contributed by atoms with Crippen molar-refractivity contribution in [2.24, 2.45) is 11.7 Å². The molecule has 5 nitrogen and oxygen atoms in total. The molecule has 0 spiro atoms. The van der Waals surface area contributed by atoms with Crippen LogP contribution in [-0.4, -0.2) is 29.6 Å². The van der Waals surface area contributed by atoms with E-state index in [0.717, 1.165) is 0 Å². The maximum atomic E-state index is 12.5. The fraction of sp³-hybridized carbons (Fsp3) is 0.286. The number of benzene rings is 1. The smallest absolute Gasteiger partial charge is 0.323 e. The number of anilines is 1. The van der Waals surface area contributed by atoms with E-state index in [4.69, 9.17) is 22.4 Å². The molecule has 1 amide bonds. The highest BCUT2D eigenvalue weighted by atomic mass is 35.5. The second kappa shape index (κ2) is 6.07. The second-order valence-electron chi connectivity index (χ2n) is 4.69. The van der Waals surface area contributed by atoms with Gasteiger partial charge in [0, 0.05) is 16.8 Å². The Morgan fingerprint density at radius 1 is 1.40 bits per heavy atom. The molecule has 0 bridgehead atoms. The zero-order valence-corrected chi connectivity index (χ0v) is 11.5. The van der Waals surface area contributed by atoms with Crippen molar-refractivity contribution in [1.82, 2.24) is 0 Å². The fourth-order valence-corrected chi connectivity index (χ4v) is 2.37. The second-order valence-corrected chi connectivity index (χ2v) is 5.13. The monoisotopic (exact) mass is 294 g/mol. The number of amides is 1. The van der Waals surface area contributed by atoms with E-state index in [2.05, 4.69) is 0 Å². The van der Waals surface area contributed by atoms with Gasteiger partial charge < -0.3 is 15.7 Å². The summed E-state index contributed by atoms with van der Waals surface area (Å²) in [5.74, 6) is -1.74. The first-order chi connectivity index (χ1) is 9.47. The number of hydrogen-bond donors (Lipinski definition) is 2. The van der Waals surface area contributed by atoms with Crippen LogP contribution in [0, 0.1) is 5.92 Å². The Balaban J connectivity index is 2.25. The maximum absolute atomic E-state index is 12.5. The average Bonchev–Trinajstić information content (AvgIpc) is 2.81. The minimum absolute atomic E-state index is 0.157. The van der Waals surface area contributed by atoms with Crippen LogP contribution in [0.1, 0.15) is 6.42 Å². The van der Waals surface area contributed by atoms with Gasteiger partial charge in [-0.15, -0.1) is 0 Å². The zero-order valence-electron chi connectivity index (χ0n) is 10.7. The number of hydrogen-bond acceptors (Lipinski definition) is 3. The number of carboxylic acid groups (broad SMARTS) is 1. The SMILES string of the molecule is NC1C=CC(C(=O)N(CC(=O)O)c2cccc(Cl)c2)C1. The first kappa shape index (κ1) is 14.6. The van der Waals surface area contributed by atoms with E-state index in [1.165, 1.54) is 4.90 Å². The third kappa shape index (κ3) is 3.37. The molecule has 1 aliphatic rings. The van der Waals surface area contributed by atoms with E-state index in [1.54, 1.807) is 36.4 Å². The lowest BCUT2D eigenvalue weighted by Crippen LogP contribution is -2.39. The molecule has 0 heterocycles. The topological polar surface area (TPSA) is 83.6 Å². The van der Waals surface area contributed by atoms with Crippen molar-refractivity contribution in [3.05, 3.63) is 41.4 Å². The quantitative estimate of drug-likeness (QED) is 0.827. The summed E-state index contributed by atoms with van der Waals surface area (Å²) in [6.07, 6.45) is 3.99. The number of aliphatic carboxylic acids is 1. The molecule has 3 N–H and O–H groups in total. The van der Waals surface area contributed by atoms with Gasteiger partial charge in [-0.1, -0.05) is 29.8 Å². The Labute approximate surface area is 121 Å². The number of nitrogens with zero attached hydrogens (tertiary/aromatic N) is 1. The van der Waals surface area contributed by atoms with E-state index in [-0.39, 0.29) is 17.9 Å². The Morgan fingerprint density at radius 2 is 2.15 bits per heavy atom. The Morgan fingerprint density at radius 3 is 2.70 bits per heavy atom. The van der Waals surface area contributed by atoms with Crippen molar-refractivity contribution in [3.63, 3.8) is 0 Å². The van der Waals surface area contributed by atoms with E-state index < -0.39 is 12.5 Å². The third-order valence-electron chi connectivity index (χ3n) is 3.11. The summed E-state index contributed by atoms with van der Waals surface area (Å²) >= 11 is 5.89. The van der Waals surface area contributed by atoms with Gasteiger partial charge >= 0.3 is 5.97 Å². The van der Waals surface area contributed by atoms with Crippen LogP contribution in [0.15, 0.2) is 36.4 Å². The molecule has 1 aromatic rings. The Hall–Kier alpha value is -1.85. The van der Waals surface area contributed by atoms with Gasteiger partial charge in [0.05, 0.1) is 5.92 Å². The Kier molecular flexibility index (Phi) is 4.42. The lowest BCUT2D eigenvalue weighted by molar-refractivity contribution is -0.137.